The summed E-state index contributed by atoms with van der Waals surface area (Å²) in [5.41, 5.74) is 3.63. The Morgan fingerprint density at radius 2 is 1.89 bits per heavy atom. The predicted octanol–water partition coefficient (Wildman–Crippen LogP) is 3.36. The van der Waals surface area contributed by atoms with Crippen LogP contribution in [0.25, 0.3) is 0 Å². The van der Waals surface area contributed by atoms with E-state index in [0.29, 0.717) is 16.9 Å². The smallest absolute Gasteiger partial charge is 0.343 e. The first-order valence-electron chi connectivity index (χ1n) is 10.7. The Morgan fingerprint density at radius 1 is 1.14 bits per heavy atom. The van der Waals surface area contributed by atoms with Gasteiger partial charge in [0.1, 0.15) is 23.2 Å². The van der Waals surface area contributed by atoms with E-state index in [2.05, 4.69) is 15.6 Å². The number of rotatable bonds is 9. The molecule has 1 N–H and O–H groups in total. The number of nitrogens with one attached hydrogen (secondary N) is 1. The summed E-state index contributed by atoms with van der Waals surface area (Å²) < 4.78 is 17.2. The molecule has 2 aromatic carbocycles. The van der Waals surface area contributed by atoms with E-state index in [0.717, 1.165) is 0 Å². The molecule has 0 spiro atoms. The van der Waals surface area contributed by atoms with Crippen LogP contribution in [0.15, 0.2) is 47.6 Å². The summed E-state index contributed by atoms with van der Waals surface area (Å²) in [7, 11) is 2.93. The SMILES string of the molecule is COc1cccc(C(=O)Oc2ccc(/C=N/NC(=O)C(C)n3nc(C)c([N+](=O)[O-])c3C)cc2OC)c1. The maximum Gasteiger partial charge on any atom is 0.343 e. The van der Waals surface area contributed by atoms with Gasteiger partial charge in [-0.3, -0.25) is 19.6 Å². The van der Waals surface area contributed by atoms with Crippen LogP contribution in [-0.2, 0) is 4.79 Å². The van der Waals surface area contributed by atoms with Crippen LogP contribution < -0.4 is 19.6 Å². The molecule has 12 nitrogen and oxygen atoms in total. The molecule has 0 aliphatic rings. The number of hydrogen-bond acceptors (Lipinski definition) is 9. The molecule has 0 aliphatic heterocycles. The molecule has 0 saturated carbocycles. The second-order valence-corrected chi connectivity index (χ2v) is 7.66. The molecule has 1 atom stereocenters. The molecule has 0 saturated heterocycles. The van der Waals surface area contributed by atoms with E-state index in [4.69, 9.17) is 14.2 Å². The lowest BCUT2D eigenvalue weighted by Crippen LogP contribution is -2.28. The number of amides is 1. The normalized spacial score (nSPS) is 11.7. The van der Waals surface area contributed by atoms with Gasteiger partial charge in [0, 0.05) is 0 Å². The number of esters is 1. The van der Waals surface area contributed by atoms with Gasteiger partial charge < -0.3 is 14.2 Å². The van der Waals surface area contributed by atoms with E-state index in [1.54, 1.807) is 43.3 Å². The number of methoxy groups -OCH3 is 2. The first kappa shape index (κ1) is 25.9. The number of ether oxygens (including phenoxy) is 3. The monoisotopic (exact) mass is 495 g/mol. The van der Waals surface area contributed by atoms with Crippen molar-refractivity contribution in [2.75, 3.05) is 14.2 Å². The summed E-state index contributed by atoms with van der Waals surface area (Å²) in [6.07, 6.45) is 1.38. The Bertz CT molecular complexity index is 1330. The molecule has 36 heavy (non-hydrogen) atoms. The number of benzene rings is 2. The lowest BCUT2D eigenvalue weighted by atomic mass is 10.2. The van der Waals surface area contributed by atoms with Crippen LogP contribution in [0.5, 0.6) is 17.2 Å². The van der Waals surface area contributed by atoms with Crippen LogP contribution in [0.2, 0.25) is 0 Å². The average Bonchev–Trinajstić information content (AvgIpc) is 3.17. The average molecular weight is 495 g/mol. The first-order chi connectivity index (χ1) is 17.2. The van der Waals surface area contributed by atoms with Gasteiger partial charge in [-0.25, -0.2) is 10.2 Å². The van der Waals surface area contributed by atoms with E-state index >= 15 is 0 Å². The first-order valence-corrected chi connectivity index (χ1v) is 10.7. The van der Waals surface area contributed by atoms with Crippen molar-refractivity contribution in [2.45, 2.75) is 26.8 Å². The predicted molar refractivity (Wildman–Crippen MR) is 130 cm³/mol. The number of carbonyl (C=O) groups is 2. The molecule has 1 amide bonds. The van der Waals surface area contributed by atoms with E-state index in [1.165, 1.54) is 45.0 Å². The fraction of sp³-hybridized carbons (Fsp3) is 0.250. The molecule has 0 bridgehead atoms. The summed E-state index contributed by atoms with van der Waals surface area (Å²) in [6, 6.07) is 10.5. The Hall–Kier alpha value is -4.74. The highest BCUT2D eigenvalue weighted by atomic mass is 16.6. The highest BCUT2D eigenvalue weighted by Gasteiger charge is 2.27. The topological polar surface area (TPSA) is 147 Å². The van der Waals surface area contributed by atoms with Crippen LogP contribution in [-0.4, -0.2) is 47.0 Å². The minimum absolute atomic E-state index is 0.127. The summed E-state index contributed by atoms with van der Waals surface area (Å²) in [5, 5.41) is 19.2. The molecular formula is C24H25N5O7. The summed E-state index contributed by atoms with van der Waals surface area (Å²) in [5.74, 6) is -0.0895. The van der Waals surface area contributed by atoms with E-state index in [9.17, 15) is 19.7 Å². The molecule has 1 unspecified atom stereocenters. The standard InChI is InChI=1S/C24H25N5O7/c1-14-22(29(32)33)15(2)28(27-14)16(3)23(30)26-25-13-17-9-10-20(21(11-17)35-5)36-24(31)18-7-6-8-19(12-18)34-4/h6-13,16H,1-5H3,(H,26,30)/b25-13+. The molecular weight excluding hydrogens is 470 g/mol. The van der Waals surface area contributed by atoms with Crippen LogP contribution in [0.4, 0.5) is 5.69 Å². The molecule has 1 heterocycles. The highest BCUT2D eigenvalue weighted by Crippen LogP contribution is 2.29. The molecule has 0 fully saturated rings. The zero-order chi connectivity index (χ0) is 26.4. The Labute approximate surface area is 206 Å². The lowest BCUT2D eigenvalue weighted by Gasteiger charge is -2.12. The maximum atomic E-state index is 12.5. The van der Waals surface area contributed by atoms with Gasteiger partial charge in [-0.2, -0.15) is 10.2 Å². The molecule has 12 heteroatoms. The van der Waals surface area contributed by atoms with Crippen molar-refractivity contribution in [3.8, 4) is 17.2 Å². The van der Waals surface area contributed by atoms with Crippen molar-refractivity contribution in [1.29, 1.82) is 0 Å². The van der Waals surface area contributed by atoms with Gasteiger partial charge in [0.05, 0.1) is 30.9 Å². The molecule has 1 aromatic heterocycles. The third kappa shape index (κ3) is 5.66. The quantitative estimate of drug-likeness (QED) is 0.156. The molecule has 188 valence electrons. The summed E-state index contributed by atoms with van der Waals surface area (Å²) in [4.78, 5) is 35.7. The molecule has 0 radical (unpaired) electrons. The molecule has 3 aromatic rings. The molecule has 3 rings (SSSR count). The van der Waals surface area contributed by atoms with Gasteiger partial charge in [0.2, 0.25) is 0 Å². The third-order valence-electron chi connectivity index (χ3n) is 5.30. The van der Waals surface area contributed by atoms with Gasteiger partial charge in [-0.1, -0.05) is 6.07 Å². The minimum Gasteiger partial charge on any atom is -0.497 e. The van der Waals surface area contributed by atoms with E-state index in [1.807, 2.05) is 0 Å². The third-order valence-corrected chi connectivity index (χ3v) is 5.30. The fourth-order valence-electron chi connectivity index (χ4n) is 3.43. The summed E-state index contributed by atoms with van der Waals surface area (Å²) in [6.45, 7) is 4.60. The second-order valence-electron chi connectivity index (χ2n) is 7.66. The Kier molecular flexibility index (Phi) is 8.00. The number of aryl methyl sites for hydroxylation is 1. The largest absolute Gasteiger partial charge is 0.497 e. The lowest BCUT2D eigenvalue weighted by molar-refractivity contribution is -0.386. The van der Waals surface area contributed by atoms with Gasteiger partial charge in [0.15, 0.2) is 11.5 Å². The van der Waals surface area contributed by atoms with Crippen molar-refractivity contribution in [3.63, 3.8) is 0 Å². The van der Waals surface area contributed by atoms with Crippen molar-refractivity contribution in [1.82, 2.24) is 15.2 Å². The number of hydrogen-bond donors (Lipinski definition) is 1. The zero-order valence-corrected chi connectivity index (χ0v) is 20.3. The number of carbonyl (C=O) groups excluding carboxylic acids is 2. The Morgan fingerprint density at radius 3 is 2.53 bits per heavy atom. The maximum absolute atomic E-state index is 12.5. The van der Waals surface area contributed by atoms with Crippen LogP contribution in [0.3, 0.4) is 0 Å². The number of aromatic nitrogens is 2. The van der Waals surface area contributed by atoms with Crippen LogP contribution in [0.1, 0.15) is 40.3 Å². The van der Waals surface area contributed by atoms with Crippen molar-refractivity contribution < 1.29 is 28.7 Å². The number of hydrazone groups is 1. The van der Waals surface area contributed by atoms with Gasteiger partial charge >= 0.3 is 11.7 Å². The zero-order valence-electron chi connectivity index (χ0n) is 20.3. The van der Waals surface area contributed by atoms with E-state index in [-0.39, 0.29) is 28.6 Å². The van der Waals surface area contributed by atoms with Gasteiger partial charge in [-0.05, 0) is 62.7 Å². The van der Waals surface area contributed by atoms with Crippen LogP contribution in [0, 0.1) is 24.0 Å². The van der Waals surface area contributed by atoms with Gasteiger partial charge in [0.25, 0.3) is 5.91 Å². The number of nitro groups is 1. The molecule has 0 aliphatic carbocycles. The van der Waals surface area contributed by atoms with Gasteiger partial charge in [-0.15, -0.1) is 0 Å². The van der Waals surface area contributed by atoms with E-state index < -0.39 is 22.8 Å². The fourth-order valence-corrected chi connectivity index (χ4v) is 3.43. The Balaban J connectivity index is 1.68. The second kappa shape index (κ2) is 11.1. The van der Waals surface area contributed by atoms with Crippen LogP contribution >= 0.6 is 0 Å². The van der Waals surface area contributed by atoms with Crippen molar-refractivity contribution in [3.05, 3.63) is 75.1 Å². The van der Waals surface area contributed by atoms with Crippen molar-refractivity contribution in [2.24, 2.45) is 5.10 Å². The summed E-state index contributed by atoms with van der Waals surface area (Å²) >= 11 is 0. The number of nitrogens with zero attached hydrogens (tertiary/aromatic N) is 4. The minimum atomic E-state index is -0.831. The highest BCUT2D eigenvalue weighted by molar-refractivity contribution is 5.92. The van der Waals surface area contributed by atoms with Crippen molar-refractivity contribution >= 4 is 23.8 Å².